The van der Waals surface area contributed by atoms with Gasteiger partial charge in [0.05, 0.1) is 22.3 Å². The topological polar surface area (TPSA) is 35.5 Å². The molecular formula is C14H12Cl2N2OS. The Kier molecular flexibility index (Phi) is 3.98. The predicted molar refractivity (Wildman–Crippen MR) is 84.5 cm³/mol. The summed E-state index contributed by atoms with van der Waals surface area (Å²) in [6.07, 6.45) is 0. The van der Waals surface area contributed by atoms with Gasteiger partial charge in [-0.15, -0.1) is 0 Å². The molecule has 2 N–H and O–H groups in total. The number of hydrogen-bond donors (Lipinski definition) is 2. The molecule has 0 radical (unpaired) electrons. The van der Waals surface area contributed by atoms with Gasteiger partial charge >= 0.3 is 0 Å². The minimum atomic E-state index is 0.280. The van der Waals surface area contributed by atoms with E-state index in [2.05, 4.69) is 9.62 Å². The van der Waals surface area contributed by atoms with Crippen LogP contribution in [0.25, 0.3) is 0 Å². The molecule has 0 amide bonds. The lowest BCUT2D eigenvalue weighted by molar-refractivity contribution is 0.467. The summed E-state index contributed by atoms with van der Waals surface area (Å²) >= 11 is 13.8. The number of anilines is 1. The summed E-state index contributed by atoms with van der Waals surface area (Å²) in [6.45, 7) is 1.40. The molecule has 1 heterocycles. The van der Waals surface area contributed by atoms with Crippen molar-refractivity contribution in [2.45, 2.75) is 11.4 Å². The molecule has 0 spiro atoms. The van der Waals surface area contributed by atoms with Crippen molar-refractivity contribution in [2.75, 3.05) is 12.0 Å². The second kappa shape index (κ2) is 5.74. The Labute approximate surface area is 131 Å². The highest BCUT2D eigenvalue weighted by Crippen LogP contribution is 2.41. The summed E-state index contributed by atoms with van der Waals surface area (Å²) in [5.74, 6) is 0.280. The summed E-state index contributed by atoms with van der Waals surface area (Å²) in [7, 11) is 0. The number of nitrogens with one attached hydrogen (secondary N) is 1. The molecule has 0 bridgehead atoms. The highest BCUT2D eigenvalue weighted by Gasteiger charge is 2.20. The predicted octanol–water partition coefficient (Wildman–Crippen LogP) is 4.59. The first-order chi connectivity index (χ1) is 9.61. The van der Waals surface area contributed by atoms with Crippen LogP contribution >= 0.6 is 35.1 Å². The highest BCUT2D eigenvalue weighted by atomic mass is 35.5. The Hall–Kier alpha value is -1.07. The molecule has 0 unspecified atom stereocenters. The minimum absolute atomic E-state index is 0.280. The molecule has 1 aliphatic heterocycles. The van der Waals surface area contributed by atoms with Crippen LogP contribution in [0.4, 0.5) is 5.69 Å². The first-order valence-corrected chi connectivity index (χ1v) is 7.58. The normalized spacial score (nSPS) is 14.7. The molecule has 6 heteroatoms. The zero-order chi connectivity index (χ0) is 14.1. The van der Waals surface area contributed by atoms with Crippen LogP contribution in [0.3, 0.4) is 0 Å². The van der Waals surface area contributed by atoms with E-state index < -0.39 is 0 Å². The molecule has 2 aromatic carbocycles. The van der Waals surface area contributed by atoms with Gasteiger partial charge < -0.3 is 10.4 Å². The molecule has 0 saturated carbocycles. The van der Waals surface area contributed by atoms with Crippen molar-refractivity contribution in [2.24, 2.45) is 0 Å². The Bertz CT molecular complexity index is 651. The lowest BCUT2D eigenvalue weighted by Crippen LogP contribution is -2.26. The zero-order valence-corrected chi connectivity index (χ0v) is 12.8. The Balaban J connectivity index is 1.79. The molecular weight excluding hydrogens is 315 g/mol. The van der Waals surface area contributed by atoms with Crippen molar-refractivity contribution in [3.63, 3.8) is 0 Å². The van der Waals surface area contributed by atoms with Gasteiger partial charge in [0.25, 0.3) is 0 Å². The fourth-order valence-electron chi connectivity index (χ4n) is 2.07. The van der Waals surface area contributed by atoms with Crippen LogP contribution in [0.15, 0.2) is 41.3 Å². The van der Waals surface area contributed by atoms with Crippen LogP contribution < -0.4 is 5.32 Å². The maximum Gasteiger partial charge on any atom is 0.115 e. The van der Waals surface area contributed by atoms with Gasteiger partial charge in [-0.1, -0.05) is 35.3 Å². The van der Waals surface area contributed by atoms with Gasteiger partial charge in [-0.05, 0) is 41.8 Å². The number of phenolic OH excluding ortho intramolecular Hbond substituents is 1. The molecule has 0 aromatic heterocycles. The maximum atomic E-state index is 9.50. The van der Waals surface area contributed by atoms with E-state index in [9.17, 15) is 5.11 Å². The van der Waals surface area contributed by atoms with E-state index >= 15 is 0 Å². The number of nitrogens with zero attached hydrogens (tertiary/aromatic N) is 1. The second-order valence-corrected chi connectivity index (χ2v) is 6.45. The van der Waals surface area contributed by atoms with Gasteiger partial charge in [0, 0.05) is 11.6 Å². The monoisotopic (exact) mass is 326 g/mol. The summed E-state index contributed by atoms with van der Waals surface area (Å²) in [5, 5.41) is 14.1. The van der Waals surface area contributed by atoms with Crippen LogP contribution in [0, 0.1) is 0 Å². The number of phenols is 1. The van der Waals surface area contributed by atoms with Crippen LogP contribution in [0.1, 0.15) is 5.56 Å². The molecule has 0 fully saturated rings. The van der Waals surface area contributed by atoms with Crippen molar-refractivity contribution >= 4 is 40.8 Å². The van der Waals surface area contributed by atoms with Crippen molar-refractivity contribution in [3.05, 3.63) is 52.0 Å². The Morgan fingerprint density at radius 1 is 1.25 bits per heavy atom. The fraction of sp³-hybridized carbons (Fsp3) is 0.143. The smallest absolute Gasteiger partial charge is 0.115 e. The van der Waals surface area contributed by atoms with Crippen LogP contribution in [-0.4, -0.2) is 16.1 Å². The molecule has 1 aliphatic rings. The Morgan fingerprint density at radius 2 is 2.10 bits per heavy atom. The zero-order valence-electron chi connectivity index (χ0n) is 10.4. The van der Waals surface area contributed by atoms with E-state index in [4.69, 9.17) is 23.2 Å². The van der Waals surface area contributed by atoms with Crippen LogP contribution in [-0.2, 0) is 6.54 Å². The van der Waals surface area contributed by atoms with Crippen LogP contribution in [0.5, 0.6) is 5.75 Å². The van der Waals surface area contributed by atoms with Gasteiger partial charge in [-0.3, -0.25) is 0 Å². The standard InChI is InChI=1S/C14H12Cl2N2OS/c15-10-5-12(16)14-13(6-10)17-8-18(20-14)7-9-2-1-3-11(19)4-9/h1-6,17,19H,7-8H2. The summed E-state index contributed by atoms with van der Waals surface area (Å²) in [5.41, 5.74) is 2.01. The number of fused-ring (bicyclic) bond motifs is 1. The molecule has 3 rings (SSSR count). The van der Waals surface area contributed by atoms with Crippen molar-refractivity contribution in [1.82, 2.24) is 4.31 Å². The summed E-state index contributed by atoms with van der Waals surface area (Å²) < 4.78 is 2.14. The first kappa shape index (κ1) is 13.9. The number of benzene rings is 2. The van der Waals surface area contributed by atoms with Gasteiger partial charge in [0.1, 0.15) is 5.75 Å². The third kappa shape index (κ3) is 2.99. The molecule has 0 aliphatic carbocycles. The van der Waals surface area contributed by atoms with E-state index in [-0.39, 0.29) is 5.75 Å². The van der Waals surface area contributed by atoms with E-state index in [0.29, 0.717) is 23.3 Å². The number of rotatable bonds is 2. The highest BCUT2D eigenvalue weighted by molar-refractivity contribution is 7.97. The van der Waals surface area contributed by atoms with E-state index in [1.54, 1.807) is 30.1 Å². The minimum Gasteiger partial charge on any atom is -0.508 e. The molecule has 3 nitrogen and oxygen atoms in total. The van der Waals surface area contributed by atoms with Crippen LogP contribution in [0.2, 0.25) is 10.0 Å². The van der Waals surface area contributed by atoms with Gasteiger partial charge in [0.15, 0.2) is 0 Å². The average Bonchev–Trinajstić information content (AvgIpc) is 2.39. The Morgan fingerprint density at radius 3 is 2.90 bits per heavy atom. The largest absolute Gasteiger partial charge is 0.508 e. The molecule has 104 valence electrons. The van der Waals surface area contributed by atoms with Crippen molar-refractivity contribution in [1.29, 1.82) is 0 Å². The third-order valence-electron chi connectivity index (χ3n) is 2.94. The molecule has 0 saturated heterocycles. The number of hydrogen-bond acceptors (Lipinski definition) is 4. The maximum absolute atomic E-state index is 9.50. The fourth-order valence-corrected chi connectivity index (χ4v) is 3.64. The van der Waals surface area contributed by atoms with E-state index in [1.165, 1.54) is 0 Å². The molecule has 20 heavy (non-hydrogen) atoms. The van der Waals surface area contributed by atoms with Gasteiger partial charge in [-0.2, -0.15) is 0 Å². The lowest BCUT2D eigenvalue weighted by atomic mass is 10.2. The van der Waals surface area contributed by atoms with E-state index in [0.717, 1.165) is 16.1 Å². The SMILES string of the molecule is Oc1cccc(CN2CNc3cc(Cl)cc(Cl)c3S2)c1. The third-order valence-corrected chi connectivity index (χ3v) is 4.71. The summed E-state index contributed by atoms with van der Waals surface area (Å²) in [4.78, 5) is 0.975. The number of aromatic hydroxyl groups is 1. The quantitative estimate of drug-likeness (QED) is 0.791. The molecule has 0 atom stereocenters. The van der Waals surface area contributed by atoms with Crippen molar-refractivity contribution in [3.8, 4) is 5.75 Å². The average molecular weight is 327 g/mol. The van der Waals surface area contributed by atoms with Gasteiger partial charge in [0.2, 0.25) is 0 Å². The lowest BCUT2D eigenvalue weighted by Gasteiger charge is -2.29. The van der Waals surface area contributed by atoms with E-state index in [1.807, 2.05) is 18.2 Å². The number of halogens is 2. The molecule has 2 aromatic rings. The summed E-state index contributed by atoms with van der Waals surface area (Å²) in [6, 6.07) is 10.9. The second-order valence-electron chi connectivity index (χ2n) is 4.50. The van der Waals surface area contributed by atoms with Gasteiger partial charge in [-0.25, -0.2) is 4.31 Å². The first-order valence-electron chi connectivity index (χ1n) is 6.05. The van der Waals surface area contributed by atoms with Crippen molar-refractivity contribution < 1.29 is 5.11 Å².